The van der Waals surface area contributed by atoms with Crippen LogP contribution in [-0.4, -0.2) is 65.3 Å². The molecule has 49 heavy (non-hydrogen) atoms. The van der Waals surface area contributed by atoms with E-state index in [1.165, 1.54) is 30.0 Å². The zero-order chi connectivity index (χ0) is 34.6. The summed E-state index contributed by atoms with van der Waals surface area (Å²) in [6.07, 6.45) is 4.00. The molecule has 0 aliphatic rings. The van der Waals surface area contributed by atoms with Crippen molar-refractivity contribution >= 4 is 68.0 Å². The van der Waals surface area contributed by atoms with E-state index < -0.39 is 15.9 Å². The Morgan fingerprint density at radius 2 is 1.78 bits per heavy atom. The fraction of sp³-hybridized carbons (Fsp3) is 0.375. The average molecular weight is 737 g/mol. The van der Waals surface area contributed by atoms with Crippen molar-refractivity contribution in [2.45, 2.75) is 61.5 Å². The zero-order valence-corrected chi connectivity index (χ0v) is 28.8. The van der Waals surface area contributed by atoms with E-state index in [-0.39, 0.29) is 55.4 Å². The zero-order valence-electron chi connectivity index (χ0n) is 26.3. The summed E-state index contributed by atoms with van der Waals surface area (Å²) in [5.41, 5.74) is 21.8. The number of carbonyl (C=O) groups excluding carboxylic acids is 2. The second-order valence-corrected chi connectivity index (χ2v) is 14.2. The number of nitrogens with two attached hydrogens (primary N) is 3. The Labute approximate surface area is 297 Å². The van der Waals surface area contributed by atoms with Gasteiger partial charge in [0.1, 0.15) is 5.84 Å². The quantitative estimate of drug-likeness (QED) is 0.0318. The van der Waals surface area contributed by atoms with Crippen molar-refractivity contribution in [2.24, 2.45) is 22.2 Å². The molecule has 14 nitrogen and oxygen atoms in total. The molecule has 3 aromatic rings. The standard InChI is InChI=1S/C30H40N8O6S3.2CH4/c1-18-14-20(36-29(33)34)16-22(37-30(40)35-11-6-4-5-10-25(39)38-44-13-12-43-2)26(18)19-8-7-9-21(15-19)47(41,42)24-17-23(27(31)32)46-28(24)45-3;;/h7-9,14-17H,4-6,10-13H2,1-3H3,(H3,31,32)(H,38,39)(H4,33,34,36)(H2,35,37,40);2*1H4. The van der Waals surface area contributed by atoms with Crippen molar-refractivity contribution < 1.29 is 27.6 Å². The van der Waals surface area contributed by atoms with Gasteiger partial charge in [-0.15, -0.1) is 23.1 Å². The summed E-state index contributed by atoms with van der Waals surface area (Å²) in [6.45, 7) is 2.79. The van der Waals surface area contributed by atoms with Crippen LogP contribution in [0.4, 0.5) is 16.2 Å². The topological polar surface area (TPSA) is 237 Å². The number of methoxy groups -OCH3 is 1. The number of thioether (sulfide) groups is 1. The SMILES string of the molecule is C.C.COCCONC(=O)CCCCCNC(=O)Nc1cc(N=C(N)N)cc(C)c1-c1cccc(S(=O)(=O)c2cc(C(=N)N)sc2SC)c1. The van der Waals surface area contributed by atoms with Gasteiger partial charge in [0.2, 0.25) is 15.7 Å². The molecular formula is C32H48N8O6S3. The molecule has 17 heteroatoms. The number of thiophene rings is 1. The number of rotatable bonds is 17. The number of nitrogen functional groups attached to an aromatic ring is 1. The number of aliphatic imine (C=N–C) groups is 1. The average Bonchev–Trinajstić information content (AvgIpc) is 3.47. The maximum Gasteiger partial charge on any atom is 0.319 e. The molecule has 0 radical (unpaired) electrons. The van der Waals surface area contributed by atoms with Crippen molar-refractivity contribution in [1.29, 1.82) is 5.41 Å². The van der Waals surface area contributed by atoms with Gasteiger partial charge in [-0.3, -0.25) is 15.0 Å². The lowest BCUT2D eigenvalue weighted by atomic mass is 9.97. The molecule has 0 spiro atoms. The number of carbonyl (C=O) groups is 2. The molecule has 0 aliphatic carbocycles. The molecule has 1 aromatic heterocycles. The maximum absolute atomic E-state index is 13.8. The number of amidine groups is 1. The highest BCUT2D eigenvalue weighted by Crippen LogP contribution is 2.40. The minimum Gasteiger partial charge on any atom is -0.383 e. The predicted molar refractivity (Wildman–Crippen MR) is 200 cm³/mol. The first-order valence-electron chi connectivity index (χ1n) is 14.4. The van der Waals surface area contributed by atoms with Crippen LogP contribution in [0.3, 0.4) is 0 Å². The monoisotopic (exact) mass is 736 g/mol. The normalized spacial score (nSPS) is 10.7. The Bertz CT molecular complexity index is 1720. The molecule has 0 saturated heterocycles. The van der Waals surface area contributed by atoms with E-state index >= 15 is 0 Å². The highest BCUT2D eigenvalue weighted by Gasteiger charge is 2.26. The largest absolute Gasteiger partial charge is 0.383 e. The summed E-state index contributed by atoms with van der Waals surface area (Å²) in [4.78, 5) is 34.4. The molecular weight excluding hydrogens is 689 g/mol. The summed E-state index contributed by atoms with van der Waals surface area (Å²) < 4.78 is 32.9. The van der Waals surface area contributed by atoms with Gasteiger partial charge >= 0.3 is 6.03 Å². The molecule has 0 fully saturated rings. The first-order chi connectivity index (χ1) is 22.4. The molecule has 0 unspecified atom stereocenters. The highest BCUT2D eigenvalue weighted by atomic mass is 32.2. The van der Waals surface area contributed by atoms with Crippen LogP contribution < -0.4 is 33.3 Å². The number of ether oxygens (including phenoxy) is 1. The van der Waals surface area contributed by atoms with Crippen LogP contribution in [0.25, 0.3) is 11.1 Å². The number of sulfone groups is 1. The Morgan fingerprint density at radius 3 is 2.43 bits per heavy atom. The number of urea groups is 1. The fourth-order valence-electron chi connectivity index (χ4n) is 4.49. The first kappa shape index (κ1) is 42.9. The van der Waals surface area contributed by atoms with Gasteiger partial charge in [-0.1, -0.05) is 33.4 Å². The van der Waals surface area contributed by atoms with Gasteiger partial charge in [-0.25, -0.2) is 23.7 Å². The number of guanidine groups is 1. The lowest BCUT2D eigenvalue weighted by Gasteiger charge is -2.17. The molecule has 10 N–H and O–H groups in total. The van der Waals surface area contributed by atoms with Gasteiger partial charge < -0.3 is 32.6 Å². The predicted octanol–water partition coefficient (Wildman–Crippen LogP) is 5.12. The van der Waals surface area contributed by atoms with Crippen LogP contribution >= 0.6 is 23.1 Å². The number of hydrogen-bond donors (Lipinski definition) is 7. The molecule has 3 amide bonds. The minimum absolute atomic E-state index is 0. The smallest absolute Gasteiger partial charge is 0.319 e. The highest BCUT2D eigenvalue weighted by molar-refractivity contribution is 8.01. The minimum atomic E-state index is -3.98. The molecule has 1 heterocycles. The first-order valence-corrected chi connectivity index (χ1v) is 18.0. The number of nitrogens with one attached hydrogen (secondary N) is 4. The number of hydroxylamine groups is 1. The van der Waals surface area contributed by atoms with Gasteiger partial charge in [0, 0.05) is 25.6 Å². The number of anilines is 1. The molecule has 0 atom stereocenters. The molecule has 270 valence electrons. The summed E-state index contributed by atoms with van der Waals surface area (Å²) in [5, 5.41) is 13.4. The number of nitrogens with zero attached hydrogens (tertiary/aromatic N) is 1. The number of hydrogen-bond acceptors (Lipinski definition) is 10. The van der Waals surface area contributed by atoms with Crippen LogP contribution in [0.2, 0.25) is 0 Å². The van der Waals surface area contributed by atoms with Crippen LogP contribution in [0.15, 0.2) is 61.5 Å². The van der Waals surface area contributed by atoms with E-state index in [1.54, 1.807) is 44.6 Å². The van der Waals surface area contributed by atoms with Crippen molar-refractivity contribution in [2.75, 3.05) is 38.4 Å². The molecule has 2 aromatic carbocycles. The third-order valence-electron chi connectivity index (χ3n) is 6.61. The molecule has 0 bridgehead atoms. The number of unbranched alkanes of at least 4 members (excludes halogenated alkanes) is 2. The third kappa shape index (κ3) is 12.3. The van der Waals surface area contributed by atoms with Crippen LogP contribution in [-0.2, 0) is 24.2 Å². The van der Waals surface area contributed by atoms with Crippen LogP contribution in [0.5, 0.6) is 0 Å². The molecule has 3 rings (SSSR count). The third-order valence-corrected chi connectivity index (χ3v) is 10.9. The Morgan fingerprint density at radius 1 is 1.04 bits per heavy atom. The maximum atomic E-state index is 13.8. The van der Waals surface area contributed by atoms with Gasteiger partial charge in [-0.2, -0.15) is 0 Å². The van der Waals surface area contributed by atoms with Crippen molar-refractivity contribution in [3.8, 4) is 11.1 Å². The van der Waals surface area contributed by atoms with Gasteiger partial charge in [-0.05, 0) is 67.5 Å². The number of amides is 3. The summed E-state index contributed by atoms with van der Waals surface area (Å²) in [6, 6.07) is 10.7. The summed E-state index contributed by atoms with van der Waals surface area (Å²) >= 11 is 2.41. The van der Waals surface area contributed by atoms with Crippen molar-refractivity contribution in [1.82, 2.24) is 10.8 Å². The Kier molecular flexibility index (Phi) is 17.8. The molecule has 0 aliphatic heterocycles. The number of benzene rings is 2. The number of aryl methyl sites for hydroxylation is 1. The molecule has 0 saturated carbocycles. The van der Waals surface area contributed by atoms with E-state index in [2.05, 4.69) is 21.1 Å². The van der Waals surface area contributed by atoms with Crippen LogP contribution in [0, 0.1) is 12.3 Å². The van der Waals surface area contributed by atoms with Gasteiger partial charge in [0.15, 0.2) is 5.96 Å². The fourth-order valence-corrected chi connectivity index (χ4v) is 8.40. The Balaban J connectivity index is 0.00000600. The lowest BCUT2D eigenvalue weighted by Crippen LogP contribution is -2.30. The van der Waals surface area contributed by atoms with E-state index in [1.807, 2.05) is 0 Å². The summed E-state index contributed by atoms with van der Waals surface area (Å²) in [7, 11) is -2.44. The Hall–Kier alpha value is -4.16. The van der Waals surface area contributed by atoms with Gasteiger partial charge in [0.05, 0.1) is 43.5 Å². The van der Waals surface area contributed by atoms with Crippen molar-refractivity contribution in [3.63, 3.8) is 0 Å². The van der Waals surface area contributed by atoms with E-state index in [4.69, 9.17) is 32.2 Å². The van der Waals surface area contributed by atoms with Gasteiger partial charge in [0.25, 0.3) is 0 Å². The second-order valence-electron chi connectivity index (χ2n) is 10.2. The van der Waals surface area contributed by atoms with E-state index in [0.717, 1.165) is 11.3 Å². The van der Waals surface area contributed by atoms with Crippen LogP contribution in [0.1, 0.15) is 51.0 Å². The summed E-state index contributed by atoms with van der Waals surface area (Å²) in [5.74, 6) is -0.605. The van der Waals surface area contributed by atoms with E-state index in [0.29, 0.717) is 69.6 Å². The second kappa shape index (κ2) is 20.4. The van der Waals surface area contributed by atoms with Crippen molar-refractivity contribution in [3.05, 3.63) is 52.9 Å². The lowest BCUT2D eigenvalue weighted by molar-refractivity contribution is -0.134. The van der Waals surface area contributed by atoms with E-state index in [9.17, 15) is 18.0 Å².